The van der Waals surface area contributed by atoms with E-state index in [0.29, 0.717) is 12.1 Å². The van der Waals surface area contributed by atoms with Gasteiger partial charge in [-0.3, -0.25) is 9.59 Å². The lowest BCUT2D eigenvalue weighted by atomic mass is 9.73. The summed E-state index contributed by atoms with van der Waals surface area (Å²) in [5.41, 5.74) is 3.73. The zero-order valence-electron chi connectivity index (χ0n) is 15.6. The summed E-state index contributed by atoms with van der Waals surface area (Å²) in [4.78, 5) is 27.5. The van der Waals surface area contributed by atoms with Crippen molar-refractivity contribution in [2.75, 3.05) is 19.7 Å². The Balaban J connectivity index is 1.58. The fourth-order valence-electron chi connectivity index (χ4n) is 4.37. The first-order chi connectivity index (χ1) is 13.5. The minimum absolute atomic E-state index is 0.00566. The predicted octanol–water partition coefficient (Wildman–Crippen LogP) is 1.74. The Hall–Kier alpha value is -3.17. The highest BCUT2D eigenvalue weighted by molar-refractivity contribution is 5.87. The maximum atomic E-state index is 12.4. The van der Waals surface area contributed by atoms with Crippen LogP contribution in [0.1, 0.15) is 24.0 Å². The van der Waals surface area contributed by atoms with Gasteiger partial charge < -0.3 is 14.9 Å². The van der Waals surface area contributed by atoms with Crippen LogP contribution in [0.25, 0.3) is 11.1 Å². The summed E-state index contributed by atoms with van der Waals surface area (Å²) < 4.78 is 0. The summed E-state index contributed by atoms with van der Waals surface area (Å²) in [5, 5.41) is 18.8. The lowest BCUT2D eigenvalue weighted by molar-refractivity contribution is -0.166. The van der Waals surface area contributed by atoms with Crippen LogP contribution in [0.2, 0.25) is 0 Å². The second-order valence-corrected chi connectivity index (χ2v) is 7.35. The zero-order chi connectivity index (χ0) is 19.8. The van der Waals surface area contributed by atoms with Gasteiger partial charge in [-0.05, 0) is 28.8 Å². The number of carbonyl (C=O) groups is 2. The van der Waals surface area contributed by atoms with Crippen LogP contribution in [0.15, 0.2) is 48.5 Å². The fourth-order valence-corrected chi connectivity index (χ4v) is 4.37. The second-order valence-electron chi connectivity index (χ2n) is 7.35. The molecular formula is C22H21N3O3. The van der Waals surface area contributed by atoms with Gasteiger partial charge in [-0.25, -0.2) is 0 Å². The van der Waals surface area contributed by atoms with Gasteiger partial charge in [-0.2, -0.15) is 5.26 Å². The van der Waals surface area contributed by atoms with Crippen molar-refractivity contribution >= 4 is 11.8 Å². The maximum Gasteiger partial charge on any atom is 0.242 e. The van der Waals surface area contributed by atoms with E-state index < -0.39 is 0 Å². The molecule has 6 heteroatoms. The Labute approximate surface area is 163 Å². The minimum atomic E-state index is -0.243. The van der Waals surface area contributed by atoms with Gasteiger partial charge in [0.25, 0.3) is 0 Å². The molecule has 142 valence electrons. The number of aliphatic hydroxyl groups is 1. The van der Waals surface area contributed by atoms with Gasteiger partial charge >= 0.3 is 0 Å². The SMILES string of the molecule is CC(=O)N1CC(=O)N2[C@H](CO)[C@@H](c3ccc(-c4ccc(C#N)cc4)cc3)[C@H]2C1. The summed E-state index contributed by atoms with van der Waals surface area (Å²) in [6.45, 7) is 1.98. The Morgan fingerprint density at radius 2 is 1.75 bits per heavy atom. The fraction of sp³-hybridized carbons (Fsp3) is 0.318. The summed E-state index contributed by atoms with van der Waals surface area (Å²) in [6, 6.07) is 17.3. The van der Waals surface area contributed by atoms with Crippen molar-refractivity contribution < 1.29 is 14.7 Å². The molecule has 0 bridgehead atoms. The number of nitriles is 1. The summed E-state index contributed by atoms with van der Waals surface area (Å²) in [7, 11) is 0. The monoisotopic (exact) mass is 375 g/mol. The minimum Gasteiger partial charge on any atom is -0.394 e. The summed E-state index contributed by atoms with van der Waals surface area (Å²) in [6.07, 6.45) is 0. The van der Waals surface area contributed by atoms with E-state index in [-0.39, 0.29) is 43.0 Å². The number of amides is 2. The van der Waals surface area contributed by atoms with Crippen LogP contribution >= 0.6 is 0 Å². The Morgan fingerprint density at radius 1 is 1.14 bits per heavy atom. The molecule has 2 aliphatic heterocycles. The molecule has 2 heterocycles. The average molecular weight is 375 g/mol. The normalized spacial score (nSPS) is 23.6. The standard InChI is InChI=1S/C22H21N3O3/c1-14(27)24-11-19-22(20(13-26)25(19)21(28)12-24)18-8-6-17(7-9-18)16-4-2-15(10-23)3-5-16/h2-9,19-20,22,26H,11-13H2,1H3/t19-,20-,22+/m1/s1. The number of rotatable bonds is 3. The molecule has 0 unspecified atom stereocenters. The van der Waals surface area contributed by atoms with Gasteiger partial charge in [0.15, 0.2) is 0 Å². The quantitative estimate of drug-likeness (QED) is 0.886. The van der Waals surface area contributed by atoms with E-state index in [1.54, 1.807) is 21.9 Å². The maximum absolute atomic E-state index is 12.4. The first kappa shape index (κ1) is 18.2. The smallest absolute Gasteiger partial charge is 0.242 e. The van der Waals surface area contributed by atoms with Crippen LogP contribution in [0.5, 0.6) is 0 Å². The average Bonchev–Trinajstić information content (AvgIpc) is 2.70. The number of aliphatic hydroxyl groups excluding tert-OH is 1. The number of benzene rings is 2. The molecule has 0 aliphatic carbocycles. The molecule has 3 atom stereocenters. The highest BCUT2D eigenvalue weighted by Crippen LogP contribution is 2.43. The van der Waals surface area contributed by atoms with Crippen molar-refractivity contribution in [2.24, 2.45) is 0 Å². The lowest BCUT2D eigenvalue weighted by Gasteiger charge is -2.58. The van der Waals surface area contributed by atoms with Crippen molar-refractivity contribution in [2.45, 2.75) is 24.9 Å². The lowest BCUT2D eigenvalue weighted by Crippen LogP contribution is -2.73. The number of carbonyl (C=O) groups excluding carboxylic acids is 2. The van der Waals surface area contributed by atoms with Gasteiger partial charge in [0, 0.05) is 19.4 Å². The molecule has 1 N–H and O–H groups in total. The molecule has 2 aromatic rings. The van der Waals surface area contributed by atoms with Crippen LogP contribution in [0, 0.1) is 11.3 Å². The third-order valence-corrected chi connectivity index (χ3v) is 5.84. The molecule has 2 amide bonds. The Morgan fingerprint density at radius 3 is 2.29 bits per heavy atom. The van der Waals surface area contributed by atoms with Crippen molar-refractivity contribution in [1.29, 1.82) is 5.26 Å². The molecular weight excluding hydrogens is 354 g/mol. The van der Waals surface area contributed by atoms with Gasteiger partial charge in [-0.15, -0.1) is 0 Å². The first-order valence-corrected chi connectivity index (χ1v) is 9.31. The first-order valence-electron chi connectivity index (χ1n) is 9.31. The molecule has 2 aliphatic rings. The number of hydrogen-bond donors (Lipinski definition) is 1. The van der Waals surface area contributed by atoms with Crippen molar-refractivity contribution in [1.82, 2.24) is 9.80 Å². The van der Waals surface area contributed by atoms with Gasteiger partial charge in [0.1, 0.15) is 0 Å². The number of nitrogens with zero attached hydrogens (tertiary/aromatic N) is 3. The number of fused-ring (bicyclic) bond motifs is 1. The van der Waals surface area contributed by atoms with E-state index in [1.807, 2.05) is 36.4 Å². The molecule has 2 saturated heterocycles. The van der Waals surface area contributed by atoms with E-state index in [2.05, 4.69) is 6.07 Å². The topological polar surface area (TPSA) is 84.6 Å². The van der Waals surface area contributed by atoms with Crippen LogP contribution in [0.4, 0.5) is 0 Å². The molecule has 28 heavy (non-hydrogen) atoms. The molecule has 0 spiro atoms. The molecule has 0 aromatic heterocycles. The largest absolute Gasteiger partial charge is 0.394 e. The third-order valence-electron chi connectivity index (χ3n) is 5.84. The van der Waals surface area contributed by atoms with Crippen molar-refractivity contribution in [3.8, 4) is 17.2 Å². The highest BCUT2D eigenvalue weighted by atomic mass is 16.3. The molecule has 4 rings (SSSR count). The summed E-state index contributed by atoms with van der Waals surface area (Å²) >= 11 is 0. The molecule has 6 nitrogen and oxygen atoms in total. The van der Waals surface area contributed by atoms with E-state index in [1.165, 1.54) is 6.92 Å². The predicted molar refractivity (Wildman–Crippen MR) is 103 cm³/mol. The van der Waals surface area contributed by atoms with Crippen molar-refractivity contribution in [3.63, 3.8) is 0 Å². The summed E-state index contributed by atoms with van der Waals surface area (Å²) in [5.74, 6) is -0.197. The molecule has 2 aromatic carbocycles. The van der Waals surface area contributed by atoms with Crippen LogP contribution in [-0.2, 0) is 9.59 Å². The van der Waals surface area contributed by atoms with Crippen LogP contribution in [-0.4, -0.2) is 58.5 Å². The Kier molecular flexibility index (Phi) is 4.62. The molecule has 0 radical (unpaired) electrons. The van der Waals surface area contributed by atoms with Crippen LogP contribution < -0.4 is 0 Å². The van der Waals surface area contributed by atoms with E-state index in [9.17, 15) is 14.7 Å². The molecule has 2 fully saturated rings. The highest BCUT2D eigenvalue weighted by Gasteiger charge is 2.54. The number of hydrogen-bond acceptors (Lipinski definition) is 4. The van der Waals surface area contributed by atoms with E-state index >= 15 is 0 Å². The zero-order valence-corrected chi connectivity index (χ0v) is 15.6. The van der Waals surface area contributed by atoms with Crippen LogP contribution in [0.3, 0.4) is 0 Å². The van der Waals surface area contributed by atoms with Crippen molar-refractivity contribution in [3.05, 3.63) is 59.7 Å². The van der Waals surface area contributed by atoms with E-state index in [0.717, 1.165) is 16.7 Å². The number of piperazine rings is 1. The van der Waals surface area contributed by atoms with Gasteiger partial charge in [0.2, 0.25) is 11.8 Å². The second kappa shape index (κ2) is 7.10. The third kappa shape index (κ3) is 2.94. The Bertz CT molecular complexity index is 946. The van der Waals surface area contributed by atoms with Gasteiger partial charge in [-0.1, -0.05) is 36.4 Å². The molecule has 0 saturated carbocycles. The van der Waals surface area contributed by atoms with E-state index in [4.69, 9.17) is 5.26 Å². The van der Waals surface area contributed by atoms with Gasteiger partial charge in [0.05, 0.1) is 36.9 Å².